The molecule has 2 rings (SSSR count). The summed E-state index contributed by atoms with van der Waals surface area (Å²) in [4.78, 5) is 12.1. The summed E-state index contributed by atoms with van der Waals surface area (Å²) in [6.45, 7) is 2.71. The second kappa shape index (κ2) is 8.48. The van der Waals surface area contributed by atoms with Crippen LogP contribution in [0.2, 0.25) is 0 Å². The number of amides is 1. The van der Waals surface area contributed by atoms with Crippen LogP contribution in [0, 0.1) is 0 Å². The van der Waals surface area contributed by atoms with E-state index in [4.69, 9.17) is 4.74 Å². The van der Waals surface area contributed by atoms with Gasteiger partial charge in [0.25, 0.3) is 5.91 Å². The van der Waals surface area contributed by atoms with E-state index in [9.17, 15) is 13.2 Å². The average Bonchev–Trinajstić information content (AvgIpc) is 2.61. The van der Waals surface area contributed by atoms with E-state index in [2.05, 4.69) is 5.32 Å². The van der Waals surface area contributed by atoms with E-state index in [1.807, 2.05) is 6.92 Å². The molecule has 1 fully saturated rings. The number of methoxy groups -OCH3 is 1. The minimum absolute atomic E-state index is 0.0702. The van der Waals surface area contributed by atoms with Gasteiger partial charge in [-0.3, -0.25) is 4.79 Å². The van der Waals surface area contributed by atoms with Crippen LogP contribution in [0.25, 0.3) is 0 Å². The SMILES string of the molecule is CC[C@@H]1CCCCN1S(=O)(=O)CCNC(=O)c1cccc(OC)c1. The Hall–Kier alpha value is -1.60. The first kappa shape index (κ1) is 18.7. The molecule has 0 unspecified atom stereocenters. The maximum absolute atomic E-state index is 12.5. The van der Waals surface area contributed by atoms with Crippen LogP contribution in [0.1, 0.15) is 43.0 Å². The van der Waals surface area contributed by atoms with Crippen molar-refractivity contribution in [2.24, 2.45) is 0 Å². The zero-order valence-electron chi connectivity index (χ0n) is 14.3. The highest BCUT2D eigenvalue weighted by Crippen LogP contribution is 2.22. The van der Waals surface area contributed by atoms with Crippen LogP contribution in [0.5, 0.6) is 5.75 Å². The van der Waals surface area contributed by atoms with Gasteiger partial charge in [-0.05, 0) is 37.5 Å². The number of hydrogen-bond donors (Lipinski definition) is 1. The summed E-state index contributed by atoms with van der Waals surface area (Å²) in [7, 11) is -1.81. The Morgan fingerprint density at radius 1 is 1.38 bits per heavy atom. The first-order valence-electron chi connectivity index (χ1n) is 8.39. The number of carbonyl (C=O) groups excluding carboxylic acids is 1. The van der Waals surface area contributed by atoms with Gasteiger partial charge in [-0.25, -0.2) is 8.42 Å². The fourth-order valence-corrected chi connectivity index (χ4v) is 4.74. The molecule has 0 saturated carbocycles. The quantitative estimate of drug-likeness (QED) is 0.813. The van der Waals surface area contributed by atoms with Crippen molar-refractivity contribution in [3.8, 4) is 5.75 Å². The van der Waals surface area contributed by atoms with Crippen LogP contribution in [-0.2, 0) is 10.0 Å². The van der Waals surface area contributed by atoms with Gasteiger partial charge in [0.15, 0.2) is 0 Å². The van der Waals surface area contributed by atoms with Crippen LogP contribution in [-0.4, -0.2) is 50.6 Å². The largest absolute Gasteiger partial charge is 0.497 e. The van der Waals surface area contributed by atoms with Crippen molar-refractivity contribution in [2.45, 2.75) is 38.6 Å². The third-order valence-corrected chi connectivity index (χ3v) is 6.29. The molecule has 1 heterocycles. The molecule has 1 aliphatic heterocycles. The molecule has 0 spiro atoms. The zero-order valence-corrected chi connectivity index (χ0v) is 15.1. The monoisotopic (exact) mass is 354 g/mol. The molecule has 1 aromatic carbocycles. The highest BCUT2D eigenvalue weighted by molar-refractivity contribution is 7.89. The lowest BCUT2D eigenvalue weighted by Crippen LogP contribution is -2.46. The van der Waals surface area contributed by atoms with Gasteiger partial charge in [0.1, 0.15) is 5.75 Å². The smallest absolute Gasteiger partial charge is 0.251 e. The van der Waals surface area contributed by atoms with E-state index in [0.29, 0.717) is 17.9 Å². The molecular weight excluding hydrogens is 328 g/mol. The molecule has 0 aromatic heterocycles. The minimum atomic E-state index is -3.34. The van der Waals surface area contributed by atoms with Gasteiger partial charge in [-0.15, -0.1) is 0 Å². The first-order chi connectivity index (χ1) is 11.5. The Labute approximate surface area is 144 Å². The van der Waals surface area contributed by atoms with Gasteiger partial charge in [0, 0.05) is 24.7 Å². The Kier molecular flexibility index (Phi) is 6.62. The molecule has 0 radical (unpaired) electrons. The summed E-state index contributed by atoms with van der Waals surface area (Å²) >= 11 is 0. The molecule has 134 valence electrons. The number of carbonyl (C=O) groups is 1. The highest BCUT2D eigenvalue weighted by atomic mass is 32.2. The number of ether oxygens (including phenoxy) is 1. The van der Waals surface area contributed by atoms with Crippen molar-refractivity contribution in [3.05, 3.63) is 29.8 Å². The van der Waals surface area contributed by atoms with Crippen LogP contribution < -0.4 is 10.1 Å². The molecule has 1 saturated heterocycles. The second-order valence-corrected chi connectivity index (χ2v) is 8.01. The third kappa shape index (κ3) is 4.70. The van der Waals surface area contributed by atoms with Gasteiger partial charge >= 0.3 is 0 Å². The van der Waals surface area contributed by atoms with Gasteiger partial charge in [0.2, 0.25) is 10.0 Å². The summed E-state index contributed by atoms with van der Waals surface area (Å²) in [6.07, 6.45) is 3.74. The van der Waals surface area contributed by atoms with Crippen molar-refractivity contribution in [1.29, 1.82) is 0 Å². The molecule has 1 amide bonds. The predicted molar refractivity (Wildman–Crippen MR) is 93.8 cm³/mol. The number of hydrogen-bond acceptors (Lipinski definition) is 4. The minimum Gasteiger partial charge on any atom is -0.497 e. The van der Waals surface area contributed by atoms with Crippen molar-refractivity contribution in [3.63, 3.8) is 0 Å². The van der Waals surface area contributed by atoms with Crippen molar-refractivity contribution in [2.75, 3.05) is 26.0 Å². The van der Waals surface area contributed by atoms with Crippen molar-refractivity contribution in [1.82, 2.24) is 9.62 Å². The lowest BCUT2D eigenvalue weighted by Gasteiger charge is -2.34. The normalized spacial score (nSPS) is 19.0. The topological polar surface area (TPSA) is 75.7 Å². The zero-order chi connectivity index (χ0) is 17.6. The fourth-order valence-electron chi connectivity index (χ4n) is 3.03. The van der Waals surface area contributed by atoms with Crippen LogP contribution in [0.4, 0.5) is 0 Å². The Morgan fingerprint density at radius 3 is 2.88 bits per heavy atom. The Morgan fingerprint density at radius 2 is 2.17 bits per heavy atom. The van der Waals surface area contributed by atoms with E-state index in [-0.39, 0.29) is 24.2 Å². The molecule has 6 nitrogen and oxygen atoms in total. The van der Waals surface area contributed by atoms with E-state index < -0.39 is 10.0 Å². The number of nitrogens with zero attached hydrogens (tertiary/aromatic N) is 1. The van der Waals surface area contributed by atoms with E-state index in [1.165, 1.54) is 7.11 Å². The predicted octanol–water partition coefficient (Wildman–Crippen LogP) is 2.02. The van der Waals surface area contributed by atoms with Crippen LogP contribution in [0.3, 0.4) is 0 Å². The van der Waals surface area contributed by atoms with Gasteiger partial charge < -0.3 is 10.1 Å². The molecule has 1 atom stereocenters. The molecular formula is C17H26N2O4S. The molecule has 1 N–H and O–H groups in total. The van der Waals surface area contributed by atoms with E-state index >= 15 is 0 Å². The fraction of sp³-hybridized carbons (Fsp3) is 0.588. The summed E-state index contributed by atoms with van der Waals surface area (Å²) in [5.74, 6) is 0.225. The molecule has 0 aliphatic carbocycles. The van der Waals surface area contributed by atoms with Crippen molar-refractivity contribution >= 4 is 15.9 Å². The van der Waals surface area contributed by atoms with Crippen LogP contribution in [0.15, 0.2) is 24.3 Å². The number of rotatable bonds is 7. The van der Waals surface area contributed by atoms with Crippen molar-refractivity contribution < 1.29 is 17.9 Å². The van der Waals surface area contributed by atoms with E-state index in [0.717, 1.165) is 25.7 Å². The Bertz CT molecular complexity index is 660. The molecule has 1 aliphatic rings. The summed E-state index contributed by atoms with van der Waals surface area (Å²) in [5.41, 5.74) is 0.455. The van der Waals surface area contributed by atoms with Gasteiger partial charge in [0.05, 0.1) is 12.9 Å². The molecule has 7 heteroatoms. The average molecular weight is 354 g/mol. The molecule has 24 heavy (non-hydrogen) atoms. The van der Waals surface area contributed by atoms with Gasteiger partial charge in [-0.2, -0.15) is 4.31 Å². The van der Waals surface area contributed by atoms with Gasteiger partial charge in [-0.1, -0.05) is 19.4 Å². The molecule has 0 bridgehead atoms. The second-order valence-electron chi connectivity index (χ2n) is 5.97. The number of sulfonamides is 1. The highest BCUT2D eigenvalue weighted by Gasteiger charge is 2.30. The maximum Gasteiger partial charge on any atom is 0.251 e. The summed E-state index contributed by atoms with van der Waals surface area (Å²) in [6, 6.07) is 6.87. The lowest BCUT2D eigenvalue weighted by molar-refractivity contribution is 0.0955. The maximum atomic E-state index is 12.5. The molecule has 1 aromatic rings. The van der Waals surface area contributed by atoms with E-state index in [1.54, 1.807) is 28.6 Å². The Balaban J connectivity index is 1.91. The number of nitrogens with one attached hydrogen (secondary N) is 1. The summed E-state index contributed by atoms with van der Waals surface area (Å²) in [5, 5.41) is 2.68. The number of piperidine rings is 1. The first-order valence-corrected chi connectivity index (χ1v) is 10.0. The standard InChI is InChI=1S/C17H26N2O4S/c1-3-15-8-4-5-11-19(15)24(21,22)12-10-18-17(20)14-7-6-9-16(13-14)23-2/h6-7,9,13,15H,3-5,8,10-12H2,1-2H3,(H,18,20)/t15-/m1/s1. The third-order valence-electron chi connectivity index (χ3n) is 4.38. The summed E-state index contributed by atoms with van der Waals surface area (Å²) < 4.78 is 31.8. The van der Waals surface area contributed by atoms with Crippen LogP contribution >= 0.6 is 0 Å². The number of benzene rings is 1. The lowest BCUT2D eigenvalue weighted by atomic mass is 10.0.